The lowest BCUT2D eigenvalue weighted by Crippen LogP contribution is -2.73. The monoisotopic (exact) mass is 1100 g/mol. The van der Waals surface area contributed by atoms with Crippen LogP contribution in [0.2, 0.25) is 0 Å². The number of hydrogen-bond donors (Lipinski definition) is 22. The fourth-order valence-corrected chi connectivity index (χ4v) is 9.68. The number of carbonyl (C=O) groups is 2. The Morgan fingerprint density at radius 2 is 0.733 bits per heavy atom. The molecular weight excluding hydrogens is 1020 g/mol. The Kier molecular flexibility index (Phi) is 20.7. The Bertz CT molecular complexity index is 1940. The largest absolute Gasteiger partial charge is 0.394 e. The molecule has 34 heteroatoms. The minimum absolute atomic E-state index is 0.427. The van der Waals surface area contributed by atoms with Crippen molar-refractivity contribution in [1.82, 2.24) is 0 Å². The highest BCUT2D eigenvalue weighted by molar-refractivity contribution is 6.09. The number of nitrogens with two attached hydrogens (primary N) is 6. The number of rotatable bonds is 18. The summed E-state index contributed by atoms with van der Waals surface area (Å²) in [4.78, 5) is 28.6. The maximum atomic E-state index is 14.4. The van der Waals surface area contributed by atoms with Crippen molar-refractivity contribution >= 4 is 11.6 Å². The van der Waals surface area contributed by atoms with E-state index in [9.17, 15) is 91.3 Å². The van der Waals surface area contributed by atoms with Gasteiger partial charge in [0.2, 0.25) is 0 Å². The third-order valence-electron chi connectivity index (χ3n) is 14.5. The molecule has 434 valence electrons. The highest BCUT2D eigenvalue weighted by Crippen LogP contribution is 2.39. The van der Waals surface area contributed by atoms with Gasteiger partial charge >= 0.3 is 0 Å². The maximum Gasteiger partial charge on any atom is 0.195 e. The second kappa shape index (κ2) is 25.1. The van der Waals surface area contributed by atoms with E-state index in [1.165, 1.54) is 0 Å². The summed E-state index contributed by atoms with van der Waals surface area (Å²) in [7, 11) is 0. The summed E-state index contributed by atoms with van der Waals surface area (Å²) in [6.07, 6.45) is -39.8. The van der Waals surface area contributed by atoms with Crippen LogP contribution in [0.15, 0.2) is 11.6 Å². The zero-order valence-corrected chi connectivity index (χ0v) is 40.0. The van der Waals surface area contributed by atoms with E-state index in [2.05, 4.69) is 0 Å². The van der Waals surface area contributed by atoms with E-state index in [0.29, 0.717) is 6.08 Å². The number of aliphatic hydroxyl groups is 16. The van der Waals surface area contributed by atoms with Crippen molar-refractivity contribution < 1.29 is 139 Å². The van der Waals surface area contributed by atoms with Crippen LogP contribution in [0.5, 0.6) is 0 Å². The van der Waals surface area contributed by atoms with Crippen LogP contribution in [0.1, 0.15) is 6.92 Å². The van der Waals surface area contributed by atoms with Gasteiger partial charge < -0.3 is 163 Å². The van der Waals surface area contributed by atoms with Crippen LogP contribution in [0, 0.1) is 0 Å². The molecule has 0 spiro atoms. The minimum atomic E-state index is -3.00. The van der Waals surface area contributed by atoms with E-state index < -0.39 is 240 Å². The summed E-state index contributed by atoms with van der Waals surface area (Å²) in [6.45, 7) is -5.65. The smallest absolute Gasteiger partial charge is 0.195 e. The molecule has 0 saturated carbocycles. The molecule has 6 rings (SSSR count). The van der Waals surface area contributed by atoms with Crippen LogP contribution in [-0.2, 0) is 57.0 Å². The number of Topliss-reactive ketones (excluding diaryl/α,β-unsaturated/α-hetero) is 1. The fraction of sp³-hybridized carbons (Fsp3) is 0.902. The lowest BCUT2D eigenvalue weighted by molar-refractivity contribution is -0.355. The van der Waals surface area contributed by atoms with Crippen LogP contribution in [0.4, 0.5) is 0 Å². The van der Waals surface area contributed by atoms with Crippen molar-refractivity contribution in [2.75, 3.05) is 39.6 Å². The fourth-order valence-electron chi connectivity index (χ4n) is 9.68. The molecule has 34 nitrogen and oxygen atoms in total. The van der Waals surface area contributed by atoms with Gasteiger partial charge in [-0.05, 0) is 18.6 Å². The molecule has 6 aliphatic heterocycles. The van der Waals surface area contributed by atoms with E-state index in [4.69, 9.17) is 81.8 Å². The maximum absolute atomic E-state index is 14.4. The average Bonchev–Trinajstić information content (AvgIpc) is 3.40. The topological polar surface area (TPSA) is 606 Å². The summed E-state index contributed by atoms with van der Waals surface area (Å²) in [5.41, 5.74) is 29.5. The second-order valence-electron chi connectivity index (χ2n) is 19.2. The first-order chi connectivity index (χ1) is 35.2. The molecule has 0 aliphatic carbocycles. The first-order valence-corrected chi connectivity index (χ1v) is 23.6. The second-order valence-corrected chi connectivity index (χ2v) is 19.2. The number of aliphatic hydroxyl groups excluding tert-OH is 16. The summed E-state index contributed by atoms with van der Waals surface area (Å²) in [5, 5.41) is 171. The van der Waals surface area contributed by atoms with Crippen molar-refractivity contribution in [3.63, 3.8) is 0 Å². The Morgan fingerprint density at radius 1 is 0.440 bits per heavy atom. The van der Waals surface area contributed by atoms with Crippen LogP contribution in [-0.4, -0.2) is 316 Å². The van der Waals surface area contributed by atoms with Crippen molar-refractivity contribution in [3.8, 4) is 0 Å². The molecule has 75 heavy (non-hydrogen) atoms. The van der Waals surface area contributed by atoms with E-state index in [-0.39, 0.29) is 0 Å². The lowest BCUT2D eigenvalue weighted by atomic mass is 9.79. The van der Waals surface area contributed by atoms with Gasteiger partial charge in [0, 0.05) is 0 Å². The molecule has 0 aromatic rings. The standard InChI is InChI=1S/C41H72N6O28/c1-9(31(61)41(8-53)33(63)26(60)20(47)39(75-41)73-30-13(6-51)69-37(18(45)24(30)58)71-28-11(4-49)67-35(65)16(43)22(28)56)2-14(54)40(7-52)32(62)25(59)19(46)38(74-40)72-29-12(5-50)68-36(17(44)23(29)57)70-27-10(3-48)66-34(64)15(42)21(27)55/h2,10-13,15-30,32-39,48-53,55-60,62-65H,3-8,42-47H2,1H3/b9-2-/t10-,11-,12-,13-,15-,16-,17-,18-,19-,20-,21-,22-,23-,24-,25-,26-,27?,28?,29?,30?,32+,33+,34-,35-,36+,37+,38+,39+,40+,41+/m1/s1. The normalized spacial score (nSPS) is 51.1. The molecule has 0 aromatic heterocycles. The third-order valence-corrected chi connectivity index (χ3v) is 14.5. The number of ketones is 2. The molecule has 4 unspecified atom stereocenters. The Morgan fingerprint density at radius 3 is 1.08 bits per heavy atom. The molecule has 28 N–H and O–H groups in total. The highest BCUT2D eigenvalue weighted by Gasteiger charge is 2.62. The predicted molar refractivity (Wildman–Crippen MR) is 236 cm³/mol. The van der Waals surface area contributed by atoms with Gasteiger partial charge in [0.25, 0.3) is 0 Å². The van der Waals surface area contributed by atoms with E-state index >= 15 is 0 Å². The van der Waals surface area contributed by atoms with Gasteiger partial charge in [-0.2, -0.15) is 0 Å². The average molecular weight is 1100 g/mol. The van der Waals surface area contributed by atoms with Crippen molar-refractivity contribution in [2.24, 2.45) is 34.4 Å². The summed E-state index contributed by atoms with van der Waals surface area (Å²) in [5.74, 6) is -3.00. The Labute approximate surface area is 425 Å². The molecule has 6 aliphatic rings. The molecule has 0 aromatic carbocycles. The van der Waals surface area contributed by atoms with E-state index in [1.54, 1.807) is 0 Å². The lowest BCUT2D eigenvalue weighted by Gasteiger charge is -2.51. The molecule has 0 radical (unpaired) electrons. The third kappa shape index (κ3) is 11.6. The SMILES string of the molecule is C/C(=C/C(=O)[C@]1(CO)O[C@H](OC2[C@@H](CO)O[C@@H](OC3[C@@H](CO)O[C@@H](O)[C@H](N)[C@H]3O)[C@H](N)[C@H]2O)[C@H](N)[C@@H](O)[C@@H]1O)C(=O)[C@]1(CO)O[C@H](OC2[C@@H](CO)O[C@@H](OC3[C@@H](CO)O[C@@H](O)[C@H](N)[C@H]3O)[C@H](N)[C@H]2O)[C@H](N)[C@@H](O)[C@@H]1O. The first kappa shape index (κ1) is 62.0. The van der Waals surface area contributed by atoms with Gasteiger partial charge in [-0.3, -0.25) is 9.59 Å². The number of carbonyl (C=O) groups excluding carboxylic acids is 2. The van der Waals surface area contributed by atoms with Crippen molar-refractivity contribution in [3.05, 3.63) is 11.6 Å². The quantitative estimate of drug-likeness (QED) is 0.0567. The van der Waals surface area contributed by atoms with Crippen LogP contribution in [0.3, 0.4) is 0 Å². The molecule has 30 atom stereocenters. The molecule has 6 fully saturated rings. The minimum Gasteiger partial charge on any atom is -0.394 e. The molecule has 6 heterocycles. The van der Waals surface area contributed by atoms with Gasteiger partial charge in [-0.25, -0.2) is 0 Å². The molecule has 0 amide bonds. The van der Waals surface area contributed by atoms with Crippen LogP contribution >= 0.6 is 0 Å². The molecular formula is C41H72N6O28. The summed E-state index contributed by atoms with van der Waals surface area (Å²) in [6, 6.07) is -9.81. The summed E-state index contributed by atoms with van der Waals surface area (Å²) < 4.78 is 56.4. The zero-order chi connectivity index (χ0) is 55.9. The summed E-state index contributed by atoms with van der Waals surface area (Å²) >= 11 is 0. The zero-order valence-electron chi connectivity index (χ0n) is 40.0. The van der Waals surface area contributed by atoms with Crippen LogP contribution in [0.25, 0.3) is 0 Å². The van der Waals surface area contributed by atoms with Gasteiger partial charge in [0.1, 0.15) is 97.7 Å². The van der Waals surface area contributed by atoms with Gasteiger partial charge in [0.05, 0.1) is 75.9 Å². The van der Waals surface area contributed by atoms with Crippen LogP contribution < -0.4 is 34.4 Å². The molecule has 6 saturated heterocycles. The highest BCUT2D eigenvalue weighted by atomic mass is 16.8. The predicted octanol–water partition coefficient (Wildman–Crippen LogP) is -15.5. The number of ether oxygens (including phenoxy) is 10. The van der Waals surface area contributed by atoms with Crippen molar-refractivity contribution in [1.29, 1.82) is 0 Å². The van der Waals surface area contributed by atoms with Crippen molar-refractivity contribution in [2.45, 2.75) is 190 Å². The van der Waals surface area contributed by atoms with Gasteiger partial charge in [0.15, 0.2) is 60.5 Å². The number of hydrogen-bond acceptors (Lipinski definition) is 34. The van der Waals surface area contributed by atoms with Gasteiger partial charge in [-0.1, -0.05) is 0 Å². The first-order valence-electron chi connectivity index (χ1n) is 23.6. The van der Waals surface area contributed by atoms with E-state index in [0.717, 1.165) is 6.92 Å². The van der Waals surface area contributed by atoms with Gasteiger partial charge in [-0.15, -0.1) is 0 Å². The Balaban J connectivity index is 1.19. The van der Waals surface area contributed by atoms with E-state index in [1.807, 2.05) is 0 Å². The Hall–Kier alpha value is -2.20. The molecule has 0 bridgehead atoms.